The lowest BCUT2D eigenvalue weighted by molar-refractivity contribution is 0.385. The van der Waals surface area contributed by atoms with E-state index in [-0.39, 0.29) is 0 Å². The van der Waals surface area contributed by atoms with Crippen LogP contribution in [0.3, 0.4) is 0 Å². The molecule has 0 unspecified atom stereocenters. The molecule has 1 aromatic carbocycles. The van der Waals surface area contributed by atoms with Crippen LogP contribution in [-0.4, -0.2) is 10.1 Å². The summed E-state index contributed by atoms with van der Waals surface area (Å²) in [5.41, 5.74) is 9.94. The second kappa shape index (κ2) is 5.27. The van der Waals surface area contributed by atoms with Crippen LogP contribution in [0.1, 0.15) is 55.0 Å². The Morgan fingerprint density at radius 1 is 1.15 bits per heavy atom. The molecule has 0 aliphatic heterocycles. The molecule has 3 rings (SSSR count). The van der Waals surface area contributed by atoms with Gasteiger partial charge in [-0.05, 0) is 43.9 Å². The van der Waals surface area contributed by atoms with E-state index in [1.165, 1.54) is 32.1 Å². The average molecular weight is 271 g/mol. The van der Waals surface area contributed by atoms with Crippen molar-refractivity contribution in [3.8, 4) is 11.5 Å². The van der Waals surface area contributed by atoms with E-state index in [9.17, 15) is 0 Å². The molecule has 1 saturated carbocycles. The van der Waals surface area contributed by atoms with E-state index < -0.39 is 0 Å². The largest absolute Gasteiger partial charge is 0.398 e. The quantitative estimate of drug-likeness (QED) is 0.839. The summed E-state index contributed by atoms with van der Waals surface area (Å²) in [4.78, 5) is 4.59. The summed E-state index contributed by atoms with van der Waals surface area (Å²) in [6, 6.07) is 4.08. The zero-order valence-electron chi connectivity index (χ0n) is 12.1. The molecule has 1 fully saturated rings. The number of aromatic nitrogens is 2. The highest BCUT2D eigenvalue weighted by Crippen LogP contribution is 2.34. The van der Waals surface area contributed by atoms with Gasteiger partial charge in [-0.1, -0.05) is 30.5 Å². The zero-order valence-corrected chi connectivity index (χ0v) is 12.1. The molecular weight excluding hydrogens is 250 g/mol. The van der Waals surface area contributed by atoms with Gasteiger partial charge in [-0.25, -0.2) is 0 Å². The zero-order chi connectivity index (χ0) is 14.1. The van der Waals surface area contributed by atoms with Gasteiger partial charge in [0, 0.05) is 11.6 Å². The Bertz CT molecular complexity index is 612. The maximum Gasteiger partial charge on any atom is 0.260 e. The fraction of sp³-hybridized carbons (Fsp3) is 0.500. The van der Waals surface area contributed by atoms with Crippen LogP contribution in [-0.2, 0) is 0 Å². The highest BCUT2D eigenvalue weighted by Gasteiger charge is 2.22. The first-order valence-corrected chi connectivity index (χ1v) is 7.36. The van der Waals surface area contributed by atoms with Crippen LogP contribution >= 0.6 is 0 Å². The Morgan fingerprint density at radius 2 is 1.90 bits per heavy atom. The molecule has 0 spiro atoms. The third kappa shape index (κ3) is 2.42. The topological polar surface area (TPSA) is 64.9 Å². The summed E-state index contributed by atoms with van der Waals surface area (Å²) in [7, 11) is 0. The molecule has 106 valence electrons. The van der Waals surface area contributed by atoms with Gasteiger partial charge in [-0.2, -0.15) is 4.98 Å². The van der Waals surface area contributed by atoms with Crippen molar-refractivity contribution in [3.63, 3.8) is 0 Å². The van der Waals surface area contributed by atoms with Crippen molar-refractivity contribution in [2.24, 2.45) is 0 Å². The molecule has 1 aliphatic rings. The van der Waals surface area contributed by atoms with Gasteiger partial charge in [0.15, 0.2) is 5.82 Å². The fourth-order valence-electron chi connectivity index (χ4n) is 3.03. The smallest absolute Gasteiger partial charge is 0.260 e. The van der Waals surface area contributed by atoms with Gasteiger partial charge < -0.3 is 10.3 Å². The molecule has 0 bridgehead atoms. The van der Waals surface area contributed by atoms with Crippen LogP contribution in [0.5, 0.6) is 0 Å². The number of nitrogens with two attached hydrogens (primary N) is 1. The Morgan fingerprint density at radius 3 is 2.65 bits per heavy atom. The predicted molar refractivity (Wildman–Crippen MR) is 79.4 cm³/mol. The van der Waals surface area contributed by atoms with Crippen molar-refractivity contribution >= 4 is 5.69 Å². The van der Waals surface area contributed by atoms with Crippen molar-refractivity contribution < 1.29 is 4.52 Å². The standard InChI is InChI=1S/C16H21N3O/c1-10-8-11(2)14(17)13(9-10)16-18-15(19-20-16)12-6-4-3-5-7-12/h8-9,12H,3-7,17H2,1-2H3. The molecule has 2 N–H and O–H groups in total. The monoisotopic (exact) mass is 271 g/mol. The molecule has 0 amide bonds. The van der Waals surface area contributed by atoms with Gasteiger partial charge in [-0.15, -0.1) is 0 Å². The number of nitrogens with zero attached hydrogens (tertiary/aromatic N) is 2. The summed E-state index contributed by atoms with van der Waals surface area (Å²) >= 11 is 0. The van der Waals surface area contributed by atoms with Gasteiger partial charge in [0.2, 0.25) is 0 Å². The van der Waals surface area contributed by atoms with E-state index in [0.717, 1.165) is 28.2 Å². The number of nitrogen functional groups attached to an aromatic ring is 1. The molecule has 0 saturated heterocycles. The minimum atomic E-state index is 0.452. The summed E-state index contributed by atoms with van der Waals surface area (Å²) in [5.74, 6) is 1.85. The van der Waals surface area contributed by atoms with E-state index >= 15 is 0 Å². The van der Waals surface area contributed by atoms with Crippen molar-refractivity contribution in [1.82, 2.24) is 10.1 Å². The highest BCUT2D eigenvalue weighted by molar-refractivity contribution is 5.74. The van der Waals surface area contributed by atoms with Crippen molar-refractivity contribution in [3.05, 3.63) is 29.1 Å². The number of benzene rings is 1. The third-order valence-electron chi connectivity index (χ3n) is 4.17. The molecule has 2 aromatic rings. The maximum atomic E-state index is 6.14. The molecule has 20 heavy (non-hydrogen) atoms. The van der Waals surface area contributed by atoms with Crippen molar-refractivity contribution in [1.29, 1.82) is 0 Å². The number of hydrogen-bond acceptors (Lipinski definition) is 4. The van der Waals surface area contributed by atoms with Gasteiger partial charge in [0.25, 0.3) is 5.89 Å². The number of rotatable bonds is 2. The van der Waals surface area contributed by atoms with Gasteiger partial charge in [0.05, 0.1) is 5.56 Å². The van der Waals surface area contributed by atoms with Gasteiger partial charge >= 0.3 is 0 Å². The lowest BCUT2D eigenvalue weighted by Crippen LogP contribution is -2.06. The normalized spacial score (nSPS) is 16.5. The van der Waals surface area contributed by atoms with Crippen molar-refractivity contribution in [2.45, 2.75) is 51.9 Å². The van der Waals surface area contributed by atoms with Gasteiger partial charge in [-0.3, -0.25) is 0 Å². The second-order valence-electron chi connectivity index (χ2n) is 5.84. The third-order valence-corrected chi connectivity index (χ3v) is 4.17. The first-order valence-electron chi connectivity index (χ1n) is 7.36. The molecule has 1 aliphatic carbocycles. The molecule has 4 nitrogen and oxygen atoms in total. The van der Waals surface area contributed by atoms with E-state index in [2.05, 4.69) is 16.2 Å². The molecule has 0 atom stereocenters. The minimum absolute atomic E-state index is 0.452. The number of hydrogen-bond donors (Lipinski definition) is 1. The molecule has 1 aromatic heterocycles. The fourth-order valence-corrected chi connectivity index (χ4v) is 3.03. The average Bonchev–Trinajstić information content (AvgIpc) is 2.93. The van der Waals surface area contributed by atoms with E-state index in [0.29, 0.717) is 11.8 Å². The number of aryl methyl sites for hydroxylation is 2. The molecule has 0 radical (unpaired) electrons. The van der Waals surface area contributed by atoms with E-state index in [4.69, 9.17) is 10.3 Å². The SMILES string of the molecule is Cc1cc(C)c(N)c(-c2nc(C3CCCCC3)no2)c1. The highest BCUT2D eigenvalue weighted by atomic mass is 16.5. The van der Waals surface area contributed by atoms with Gasteiger partial charge in [0.1, 0.15) is 0 Å². The predicted octanol–water partition coefficient (Wildman–Crippen LogP) is 3.98. The lowest BCUT2D eigenvalue weighted by atomic mass is 9.89. The van der Waals surface area contributed by atoms with Crippen LogP contribution in [0, 0.1) is 13.8 Å². The summed E-state index contributed by atoms with van der Waals surface area (Å²) in [6.45, 7) is 4.05. The Kier molecular flexibility index (Phi) is 3.47. The maximum absolute atomic E-state index is 6.14. The van der Waals surface area contributed by atoms with E-state index in [1.807, 2.05) is 19.9 Å². The summed E-state index contributed by atoms with van der Waals surface area (Å²) < 4.78 is 5.45. The summed E-state index contributed by atoms with van der Waals surface area (Å²) in [6.07, 6.45) is 6.19. The van der Waals surface area contributed by atoms with Crippen LogP contribution in [0.25, 0.3) is 11.5 Å². The van der Waals surface area contributed by atoms with E-state index in [1.54, 1.807) is 0 Å². The molecular formula is C16H21N3O. The first-order chi connectivity index (χ1) is 9.65. The Balaban J connectivity index is 1.93. The Labute approximate surface area is 119 Å². The van der Waals surface area contributed by atoms with Crippen molar-refractivity contribution in [2.75, 3.05) is 5.73 Å². The molecule has 4 heteroatoms. The minimum Gasteiger partial charge on any atom is -0.398 e. The van der Waals surface area contributed by atoms with Crippen LogP contribution in [0.4, 0.5) is 5.69 Å². The van der Waals surface area contributed by atoms with Crippen LogP contribution in [0.2, 0.25) is 0 Å². The summed E-state index contributed by atoms with van der Waals surface area (Å²) in [5, 5.41) is 4.18. The Hall–Kier alpha value is -1.84. The number of anilines is 1. The first kappa shape index (κ1) is 13.2. The lowest BCUT2D eigenvalue weighted by Gasteiger charge is -2.17. The van der Waals surface area contributed by atoms with Crippen LogP contribution in [0.15, 0.2) is 16.7 Å². The molecule has 1 heterocycles. The second-order valence-corrected chi connectivity index (χ2v) is 5.84. The van der Waals surface area contributed by atoms with Crippen LogP contribution < -0.4 is 5.73 Å².